The fourth-order valence-corrected chi connectivity index (χ4v) is 3.87. The van der Waals surface area contributed by atoms with E-state index in [2.05, 4.69) is 34.1 Å². The summed E-state index contributed by atoms with van der Waals surface area (Å²) in [6.45, 7) is 7.64. The molecule has 0 bridgehead atoms. The summed E-state index contributed by atoms with van der Waals surface area (Å²) in [6, 6.07) is 17.6. The minimum Gasteiger partial charge on any atom is -0.375 e. The molecule has 3 rings (SSSR count). The Balaban J connectivity index is 0.00000225. The van der Waals surface area contributed by atoms with Crippen LogP contribution in [0.15, 0.2) is 54.6 Å². The van der Waals surface area contributed by atoms with Crippen LogP contribution in [0, 0.1) is 5.92 Å². The minimum atomic E-state index is -0.0243. The van der Waals surface area contributed by atoms with Crippen LogP contribution < -0.4 is 0 Å². The number of piperazine rings is 1. The fourth-order valence-electron chi connectivity index (χ4n) is 3.74. The standard InChI is InChI=1S/C23H29ClN2O2.2ClH/c1-18(23(27)20-8-10-21(24)11-9-20)16-25-12-14-26(15-13-25)17-22(28-2)19-6-4-3-5-7-19;;/h3-11,18,22H,12-17H2,1-2H3;2*1H. The monoisotopic (exact) mass is 472 g/mol. The Labute approximate surface area is 197 Å². The average Bonchev–Trinajstić information content (AvgIpc) is 2.74. The van der Waals surface area contributed by atoms with Crippen molar-refractivity contribution in [2.45, 2.75) is 13.0 Å². The first-order valence-electron chi connectivity index (χ1n) is 9.89. The van der Waals surface area contributed by atoms with E-state index in [1.807, 2.05) is 25.1 Å². The van der Waals surface area contributed by atoms with Gasteiger partial charge in [0.2, 0.25) is 0 Å². The highest BCUT2D eigenvalue weighted by molar-refractivity contribution is 6.30. The Hall–Kier alpha value is -1.14. The number of rotatable bonds is 8. The largest absolute Gasteiger partial charge is 0.375 e. The van der Waals surface area contributed by atoms with Crippen molar-refractivity contribution in [1.82, 2.24) is 9.80 Å². The van der Waals surface area contributed by atoms with Crippen LogP contribution in [0.5, 0.6) is 0 Å². The van der Waals surface area contributed by atoms with Gasteiger partial charge in [0.05, 0.1) is 6.10 Å². The number of benzene rings is 2. The Morgan fingerprint density at radius 1 is 0.933 bits per heavy atom. The average molecular weight is 474 g/mol. The predicted octanol–water partition coefficient (Wildman–Crippen LogP) is 5.01. The molecule has 2 aromatic rings. The lowest BCUT2D eigenvalue weighted by atomic mass is 9.98. The van der Waals surface area contributed by atoms with Gasteiger partial charge in [-0.25, -0.2) is 0 Å². The first-order valence-corrected chi connectivity index (χ1v) is 10.3. The first kappa shape index (κ1) is 26.9. The molecule has 2 aromatic carbocycles. The number of Topliss-reactive ketones (excluding diaryl/α,β-unsaturated/α-hetero) is 1. The van der Waals surface area contributed by atoms with E-state index >= 15 is 0 Å². The molecular weight excluding hydrogens is 443 g/mol. The van der Waals surface area contributed by atoms with E-state index in [-0.39, 0.29) is 42.6 Å². The van der Waals surface area contributed by atoms with E-state index in [0.717, 1.165) is 44.8 Å². The SMILES string of the molecule is COC(CN1CCN(CC(C)C(=O)c2ccc(Cl)cc2)CC1)c1ccccc1.Cl.Cl. The molecule has 2 unspecified atom stereocenters. The van der Waals surface area contributed by atoms with Gasteiger partial charge in [-0.3, -0.25) is 9.69 Å². The zero-order valence-corrected chi connectivity index (χ0v) is 19.9. The molecule has 0 aromatic heterocycles. The van der Waals surface area contributed by atoms with E-state index in [0.29, 0.717) is 5.02 Å². The molecule has 2 atom stereocenters. The lowest BCUT2D eigenvalue weighted by Crippen LogP contribution is -2.49. The second kappa shape index (κ2) is 13.3. The normalized spacial score (nSPS) is 16.8. The third-order valence-corrected chi connectivity index (χ3v) is 5.71. The van der Waals surface area contributed by atoms with E-state index in [1.165, 1.54) is 5.56 Å². The molecular formula is C23H31Cl3N2O2. The highest BCUT2D eigenvalue weighted by atomic mass is 35.5. The number of carbonyl (C=O) groups is 1. The van der Waals surface area contributed by atoms with Crippen molar-refractivity contribution in [1.29, 1.82) is 0 Å². The van der Waals surface area contributed by atoms with Gasteiger partial charge in [0.15, 0.2) is 5.78 Å². The first-order chi connectivity index (χ1) is 13.6. The van der Waals surface area contributed by atoms with Gasteiger partial charge in [0.25, 0.3) is 0 Å². The van der Waals surface area contributed by atoms with Crippen LogP contribution in [0.2, 0.25) is 5.02 Å². The van der Waals surface area contributed by atoms with Gasteiger partial charge in [-0.05, 0) is 29.8 Å². The molecule has 7 heteroatoms. The van der Waals surface area contributed by atoms with Crippen molar-refractivity contribution in [3.05, 3.63) is 70.7 Å². The van der Waals surface area contributed by atoms with E-state index in [9.17, 15) is 4.79 Å². The van der Waals surface area contributed by atoms with Crippen molar-refractivity contribution in [2.75, 3.05) is 46.4 Å². The molecule has 1 saturated heterocycles. The topological polar surface area (TPSA) is 32.8 Å². The van der Waals surface area contributed by atoms with Crippen molar-refractivity contribution in [2.24, 2.45) is 5.92 Å². The van der Waals surface area contributed by atoms with E-state index in [1.54, 1.807) is 19.2 Å². The molecule has 0 amide bonds. The molecule has 1 fully saturated rings. The Bertz CT molecular complexity index is 751. The summed E-state index contributed by atoms with van der Waals surface area (Å²) in [6.07, 6.45) is 0.0955. The second-order valence-corrected chi connectivity index (χ2v) is 7.94. The molecule has 1 aliphatic heterocycles. The molecule has 30 heavy (non-hydrogen) atoms. The molecule has 0 spiro atoms. The summed E-state index contributed by atoms with van der Waals surface area (Å²) in [5, 5.41) is 0.658. The zero-order chi connectivity index (χ0) is 19.9. The molecule has 166 valence electrons. The Morgan fingerprint density at radius 2 is 1.47 bits per heavy atom. The third kappa shape index (κ3) is 7.52. The number of ketones is 1. The lowest BCUT2D eigenvalue weighted by molar-refractivity contribution is 0.0392. The molecule has 1 aliphatic rings. The summed E-state index contributed by atoms with van der Waals surface area (Å²) in [5.74, 6) is 0.159. The summed E-state index contributed by atoms with van der Waals surface area (Å²) in [7, 11) is 1.78. The van der Waals surface area contributed by atoms with E-state index in [4.69, 9.17) is 16.3 Å². The highest BCUT2D eigenvalue weighted by Gasteiger charge is 2.24. The molecule has 0 saturated carbocycles. The van der Waals surface area contributed by atoms with Crippen LogP contribution in [-0.4, -0.2) is 62.0 Å². The van der Waals surface area contributed by atoms with Gasteiger partial charge in [-0.1, -0.05) is 48.9 Å². The molecule has 0 N–H and O–H groups in total. The van der Waals surface area contributed by atoms with Gasteiger partial charge in [0, 0.05) is 62.9 Å². The van der Waals surface area contributed by atoms with Crippen LogP contribution in [-0.2, 0) is 4.74 Å². The van der Waals surface area contributed by atoms with Gasteiger partial charge < -0.3 is 9.64 Å². The van der Waals surface area contributed by atoms with Crippen molar-refractivity contribution in [3.8, 4) is 0 Å². The molecule has 0 radical (unpaired) electrons. The smallest absolute Gasteiger partial charge is 0.166 e. The molecule has 0 aliphatic carbocycles. The maximum absolute atomic E-state index is 12.6. The third-order valence-electron chi connectivity index (χ3n) is 5.45. The Morgan fingerprint density at radius 3 is 2.00 bits per heavy atom. The van der Waals surface area contributed by atoms with E-state index < -0.39 is 0 Å². The Kier molecular flexibility index (Phi) is 11.9. The highest BCUT2D eigenvalue weighted by Crippen LogP contribution is 2.19. The van der Waals surface area contributed by atoms with Crippen molar-refractivity contribution < 1.29 is 9.53 Å². The number of hydrogen-bond acceptors (Lipinski definition) is 4. The number of carbonyl (C=O) groups excluding carboxylic acids is 1. The second-order valence-electron chi connectivity index (χ2n) is 7.51. The summed E-state index contributed by atoms with van der Waals surface area (Å²) in [5.41, 5.74) is 1.95. The zero-order valence-electron chi connectivity index (χ0n) is 17.5. The summed E-state index contributed by atoms with van der Waals surface area (Å²) >= 11 is 5.92. The summed E-state index contributed by atoms with van der Waals surface area (Å²) in [4.78, 5) is 17.5. The van der Waals surface area contributed by atoms with Crippen molar-refractivity contribution >= 4 is 42.2 Å². The molecule has 4 nitrogen and oxygen atoms in total. The lowest BCUT2D eigenvalue weighted by Gasteiger charge is -2.37. The van der Waals surface area contributed by atoms with Gasteiger partial charge >= 0.3 is 0 Å². The van der Waals surface area contributed by atoms with Gasteiger partial charge in [-0.15, -0.1) is 24.8 Å². The molecule has 1 heterocycles. The number of hydrogen-bond donors (Lipinski definition) is 0. The number of ether oxygens (including phenoxy) is 1. The number of methoxy groups -OCH3 is 1. The fraction of sp³-hybridized carbons (Fsp3) is 0.435. The minimum absolute atomic E-state index is 0. The van der Waals surface area contributed by atoms with Crippen LogP contribution >= 0.6 is 36.4 Å². The summed E-state index contributed by atoms with van der Waals surface area (Å²) < 4.78 is 5.71. The van der Waals surface area contributed by atoms with Crippen LogP contribution in [0.25, 0.3) is 0 Å². The maximum atomic E-state index is 12.6. The van der Waals surface area contributed by atoms with Crippen LogP contribution in [0.3, 0.4) is 0 Å². The van der Waals surface area contributed by atoms with Crippen molar-refractivity contribution in [3.63, 3.8) is 0 Å². The van der Waals surface area contributed by atoms with Crippen LogP contribution in [0.4, 0.5) is 0 Å². The quantitative estimate of drug-likeness (QED) is 0.505. The van der Waals surface area contributed by atoms with Gasteiger partial charge in [0.1, 0.15) is 0 Å². The maximum Gasteiger partial charge on any atom is 0.166 e. The predicted molar refractivity (Wildman–Crippen MR) is 129 cm³/mol. The number of halogens is 3. The van der Waals surface area contributed by atoms with Crippen LogP contribution in [0.1, 0.15) is 28.9 Å². The van der Waals surface area contributed by atoms with Gasteiger partial charge in [-0.2, -0.15) is 0 Å². The number of nitrogens with zero attached hydrogens (tertiary/aromatic N) is 2.